The van der Waals surface area contributed by atoms with Crippen molar-refractivity contribution in [3.63, 3.8) is 0 Å². The second-order valence-electron chi connectivity index (χ2n) is 4.92. The van der Waals surface area contributed by atoms with Crippen LogP contribution in [0.3, 0.4) is 0 Å². The number of carbonyl (C=O) groups is 1. The first-order valence-corrected chi connectivity index (χ1v) is 5.37. The van der Waals surface area contributed by atoms with Gasteiger partial charge in [0.2, 0.25) is 0 Å². The lowest BCUT2D eigenvalue weighted by molar-refractivity contribution is -0.116. The molecule has 72 valence electrons. The Bertz CT molecular complexity index is 264. The molecule has 1 heteroatoms. The van der Waals surface area contributed by atoms with Gasteiger partial charge < -0.3 is 0 Å². The summed E-state index contributed by atoms with van der Waals surface area (Å²) in [7, 11) is 0. The van der Waals surface area contributed by atoms with Crippen LogP contribution >= 0.6 is 0 Å². The van der Waals surface area contributed by atoms with E-state index in [1.807, 2.05) is 6.08 Å². The quantitative estimate of drug-likeness (QED) is 0.557. The van der Waals surface area contributed by atoms with Crippen LogP contribution in [0.1, 0.15) is 46.0 Å². The van der Waals surface area contributed by atoms with Crippen LogP contribution in [0.15, 0.2) is 11.6 Å². The fourth-order valence-corrected chi connectivity index (χ4v) is 2.92. The largest absolute Gasteiger partial charge is 0.295 e. The molecule has 0 aromatic carbocycles. The lowest BCUT2D eigenvalue weighted by atomic mass is 9.62. The van der Waals surface area contributed by atoms with Gasteiger partial charge in [-0.25, -0.2) is 0 Å². The Morgan fingerprint density at radius 1 is 1.46 bits per heavy atom. The number of ketones is 1. The van der Waals surface area contributed by atoms with Crippen molar-refractivity contribution in [2.45, 2.75) is 46.0 Å². The van der Waals surface area contributed by atoms with Gasteiger partial charge in [0.25, 0.3) is 0 Å². The zero-order valence-electron chi connectivity index (χ0n) is 8.60. The molecule has 2 aliphatic rings. The Morgan fingerprint density at radius 3 is 3.00 bits per heavy atom. The molecule has 2 atom stereocenters. The molecule has 0 spiro atoms. The highest BCUT2D eigenvalue weighted by molar-refractivity contribution is 5.91. The average molecular weight is 178 g/mol. The molecule has 2 aliphatic carbocycles. The minimum absolute atomic E-state index is 0.348. The Balaban J connectivity index is 2.34. The molecule has 0 bridgehead atoms. The van der Waals surface area contributed by atoms with Gasteiger partial charge in [-0.05, 0) is 36.7 Å². The van der Waals surface area contributed by atoms with E-state index in [-0.39, 0.29) is 0 Å². The van der Waals surface area contributed by atoms with Gasteiger partial charge >= 0.3 is 0 Å². The topological polar surface area (TPSA) is 17.1 Å². The van der Waals surface area contributed by atoms with E-state index in [4.69, 9.17) is 0 Å². The van der Waals surface area contributed by atoms with Crippen molar-refractivity contribution in [1.82, 2.24) is 0 Å². The molecule has 0 heterocycles. The van der Waals surface area contributed by atoms with Crippen molar-refractivity contribution < 1.29 is 4.79 Å². The Hall–Kier alpha value is -0.590. The number of fused-ring (bicyclic) bond motifs is 1. The molecular formula is C12H18O. The molecule has 2 rings (SSSR count). The molecule has 1 nitrogen and oxygen atoms in total. The third-order valence-electron chi connectivity index (χ3n) is 3.83. The third-order valence-corrected chi connectivity index (χ3v) is 3.83. The molecule has 1 saturated carbocycles. The van der Waals surface area contributed by atoms with E-state index in [2.05, 4.69) is 13.8 Å². The van der Waals surface area contributed by atoms with E-state index in [0.717, 1.165) is 12.8 Å². The maximum atomic E-state index is 11.3. The van der Waals surface area contributed by atoms with Crippen LogP contribution in [0.4, 0.5) is 0 Å². The van der Waals surface area contributed by atoms with Crippen molar-refractivity contribution in [2.24, 2.45) is 11.3 Å². The molecule has 0 aliphatic heterocycles. The van der Waals surface area contributed by atoms with Crippen LogP contribution in [0, 0.1) is 11.3 Å². The Labute approximate surface area is 80.2 Å². The van der Waals surface area contributed by atoms with Gasteiger partial charge in [-0.15, -0.1) is 0 Å². The monoisotopic (exact) mass is 178 g/mol. The smallest absolute Gasteiger partial charge is 0.155 e. The minimum atomic E-state index is 0.348. The van der Waals surface area contributed by atoms with Crippen molar-refractivity contribution in [3.8, 4) is 0 Å². The first-order valence-electron chi connectivity index (χ1n) is 5.37. The average Bonchev–Trinajstić information content (AvgIpc) is 2.08. The molecular weight excluding hydrogens is 160 g/mol. The van der Waals surface area contributed by atoms with E-state index in [0.29, 0.717) is 17.1 Å². The third kappa shape index (κ3) is 1.45. The van der Waals surface area contributed by atoms with Gasteiger partial charge in [0.15, 0.2) is 5.78 Å². The molecule has 0 saturated heterocycles. The zero-order valence-corrected chi connectivity index (χ0v) is 8.60. The van der Waals surface area contributed by atoms with E-state index in [9.17, 15) is 4.79 Å². The fourth-order valence-electron chi connectivity index (χ4n) is 2.92. The molecule has 0 amide bonds. The van der Waals surface area contributed by atoms with Gasteiger partial charge in [-0.3, -0.25) is 4.79 Å². The van der Waals surface area contributed by atoms with Crippen molar-refractivity contribution in [1.29, 1.82) is 0 Å². The van der Waals surface area contributed by atoms with Crippen molar-refractivity contribution in [2.75, 3.05) is 0 Å². The fraction of sp³-hybridized carbons (Fsp3) is 0.750. The number of carbonyl (C=O) groups excluding carboxylic acids is 1. The van der Waals surface area contributed by atoms with Crippen LogP contribution < -0.4 is 0 Å². The predicted octanol–water partition coefficient (Wildman–Crippen LogP) is 3.10. The molecule has 0 aromatic heterocycles. The van der Waals surface area contributed by atoms with Crippen molar-refractivity contribution in [3.05, 3.63) is 11.6 Å². The number of hydrogen-bond donors (Lipinski definition) is 0. The van der Waals surface area contributed by atoms with Gasteiger partial charge in [-0.2, -0.15) is 0 Å². The number of hydrogen-bond acceptors (Lipinski definition) is 1. The maximum absolute atomic E-state index is 11.3. The Kier molecular flexibility index (Phi) is 2.05. The SMILES string of the molecule is C[C@H]1CCC[C@]2(C)CCC(=O)C=C12. The van der Waals surface area contributed by atoms with Gasteiger partial charge in [0.1, 0.15) is 0 Å². The summed E-state index contributed by atoms with van der Waals surface area (Å²) >= 11 is 0. The van der Waals surface area contributed by atoms with E-state index in [1.165, 1.54) is 24.8 Å². The predicted molar refractivity (Wildman–Crippen MR) is 53.4 cm³/mol. The van der Waals surface area contributed by atoms with E-state index < -0.39 is 0 Å². The highest BCUT2D eigenvalue weighted by atomic mass is 16.1. The molecule has 1 fully saturated rings. The molecule has 0 N–H and O–H groups in total. The highest BCUT2D eigenvalue weighted by Gasteiger charge is 2.37. The van der Waals surface area contributed by atoms with Crippen molar-refractivity contribution >= 4 is 5.78 Å². The normalized spacial score (nSPS) is 39.7. The lowest BCUT2D eigenvalue weighted by Crippen LogP contribution is -2.32. The summed E-state index contributed by atoms with van der Waals surface area (Å²) in [5.74, 6) is 0.990. The standard InChI is InChI=1S/C12H18O/c1-9-4-3-6-12(2)7-5-10(13)8-11(9)12/h8-9H,3-7H2,1-2H3/t9-,12+/m0/s1. The second kappa shape index (κ2) is 2.97. The summed E-state index contributed by atoms with van der Waals surface area (Å²) in [6, 6.07) is 0. The Morgan fingerprint density at radius 2 is 2.23 bits per heavy atom. The first-order chi connectivity index (χ1) is 6.12. The highest BCUT2D eigenvalue weighted by Crippen LogP contribution is 2.48. The molecule has 0 aromatic rings. The van der Waals surface area contributed by atoms with Crippen LogP contribution in [0.5, 0.6) is 0 Å². The minimum Gasteiger partial charge on any atom is -0.295 e. The summed E-state index contributed by atoms with van der Waals surface area (Å²) in [6.45, 7) is 4.60. The van der Waals surface area contributed by atoms with Crippen LogP contribution in [0.2, 0.25) is 0 Å². The molecule has 13 heavy (non-hydrogen) atoms. The number of allylic oxidation sites excluding steroid dienone is 2. The van der Waals surface area contributed by atoms with Crippen LogP contribution in [0.25, 0.3) is 0 Å². The summed E-state index contributed by atoms with van der Waals surface area (Å²) in [6.07, 6.45) is 7.69. The summed E-state index contributed by atoms with van der Waals surface area (Å²) in [4.78, 5) is 11.3. The first kappa shape index (κ1) is 8.98. The van der Waals surface area contributed by atoms with Gasteiger partial charge in [0, 0.05) is 6.42 Å². The lowest BCUT2D eigenvalue weighted by Gasteiger charge is -2.42. The zero-order chi connectivity index (χ0) is 9.47. The second-order valence-corrected chi connectivity index (χ2v) is 4.92. The van der Waals surface area contributed by atoms with Gasteiger partial charge in [0.05, 0.1) is 0 Å². The van der Waals surface area contributed by atoms with Crippen LogP contribution in [-0.4, -0.2) is 5.78 Å². The molecule has 0 unspecified atom stereocenters. The molecule has 0 radical (unpaired) electrons. The van der Waals surface area contributed by atoms with Gasteiger partial charge in [-0.1, -0.05) is 25.8 Å². The van der Waals surface area contributed by atoms with E-state index >= 15 is 0 Å². The van der Waals surface area contributed by atoms with E-state index in [1.54, 1.807) is 0 Å². The maximum Gasteiger partial charge on any atom is 0.155 e. The summed E-state index contributed by atoms with van der Waals surface area (Å²) in [5, 5.41) is 0. The number of rotatable bonds is 0. The van der Waals surface area contributed by atoms with Crippen LogP contribution in [-0.2, 0) is 4.79 Å². The summed E-state index contributed by atoms with van der Waals surface area (Å²) < 4.78 is 0. The summed E-state index contributed by atoms with van der Waals surface area (Å²) in [5.41, 5.74) is 1.81.